The molecule has 6 rings (SSSR count). The number of pyridine rings is 2. The van der Waals surface area contributed by atoms with Crippen LogP contribution in [0.5, 0.6) is 0 Å². The Hall–Kier alpha value is -4.13. The summed E-state index contributed by atoms with van der Waals surface area (Å²) < 4.78 is 3.22. The summed E-state index contributed by atoms with van der Waals surface area (Å²) in [6.45, 7) is 11.5. The first-order valence-corrected chi connectivity index (χ1v) is 11.9. The lowest BCUT2D eigenvalue weighted by atomic mass is 10.0. The lowest BCUT2D eigenvalue weighted by Crippen LogP contribution is -2.33. The highest BCUT2D eigenvalue weighted by Crippen LogP contribution is 2.30. The van der Waals surface area contributed by atoms with Crippen molar-refractivity contribution in [3.8, 4) is 0 Å². The first kappa shape index (κ1) is 22.3. The molecule has 0 aliphatic rings. The molecular weight excluding hydrogens is 456 g/mol. The van der Waals surface area contributed by atoms with E-state index in [1.165, 1.54) is 0 Å². The highest BCUT2D eigenvalue weighted by molar-refractivity contribution is 6.18. The number of rotatable bonds is 2. The van der Waals surface area contributed by atoms with Crippen molar-refractivity contribution in [1.82, 2.24) is 9.46 Å². The predicted octanol–water partition coefficient (Wildman–Crippen LogP) is 4.47. The Morgan fingerprint density at radius 3 is 1.67 bits per heavy atom. The summed E-state index contributed by atoms with van der Waals surface area (Å²) in [6, 6.07) is 14.1. The Balaban J connectivity index is 1.87. The van der Waals surface area contributed by atoms with Gasteiger partial charge < -0.3 is 9.68 Å². The standard InChI is InChI=1S/C29H26N2O5/c1-28(2,3)35-30-19-10-8-7-9-15(19)25(32)17-13-22-18(14-21(17)30)27(34)24-20(31(22)36-29(4,5)6)12-11-16-23(24)26(16)33/h7-14H,1-6H3. The molecule has 0 amide bonds. The zero-order chi connectivity index (χ0) is 25.7. The van der Waals surface area contributed by atoms with Crippen molar-refractivity contribution in [2.24, 2.45) is 0 Å². The van der Waals surface area contributed by atoms with Gasteiger partial charge in [-0.3, -0.25) is 14.4 Å². The van der Waals surface area contributed by atoms with Crippen molar-refractivity contribution in [2.45, 2.75) is 52.7 Å². The van der Waals surface area contributed by atoms with E-state index >= 15 is 0 Å². The van der Waals surface area contributed by atoms with E-state index in [0.29, 0.717) is 54.4 Å². The van der Waals surface area contributed by atoms with Gasteiger partial charge in [0.15, 0.2) is 16.3 Å². The van der Waals surface area contributed by atoms with Gasteiger partial charge in [0.05, 0.1) is 38.2 Å². The SMILES string of the molecule is CC(C)(C)On1c2ccccc2c(=O)c2cc3c(cc21)c(=O)c1c2c(=O)c2ccc1n3OC(C)(C)C. The van der Waals surface area contributed by atoms with Gasteiger partial charge in [-0.15, -0.1) is 0 Å². The van der Waals surface area contributed by atoms with Crippen LogP contribution in [0.25, 0.3) is 54.4 Å². The zero-order valence-electron chi connectivity index (χ0n) is 21.1. The zero-order valence-corrected chi connectivity index (χ0v) is 21.1. The summed E-state index contributed by atoms with van der Waals surface area (Å²) >= 11 is 0. The number of fused-ring (bicyclic) bond motifs is 6. The number of nitrogens with zero attached hydrogens (tertiary/aromatic N) is 2. The molecule has 4 aromatic carbocycles. The van der Waals surface area contributed by atoms with E-state index in [1.54, 1.807) is 39.8 Å². The Kier molecular flexibility index (Phi) is 4.32. The van der Waals surface area contributed by atoms with Crippen molar-refractivity contribution in [2.75, 3.05) is 0 Å². The van der Waals surface area contributed by atoms with Gasteiger partial charge in [-0.1, -0.05) is 12.1 Å². The van der Waals surface area contributed by atoms with E-state index in [1.807, 2.05) is 59.7 Å². The summed E-state index contributed by atoms with van der Waals surface area (Å²) in [4.78, 5) is 52.5. The van der Waals surface area contributed by atoms with Crippen LogP contribution in [-0.2, 0) is 0 Å². The fourth-order valence-electron chi connectivity index (χ4n) is 4.77. The van der Waals surface area contributed by atoms with Crippen molar-refractivity contribution in [3.63, 3.8) is 0 Å². The molecule has 0 radical (unpaired) electrons. The van der Waals surface area contributed by atoms with Crippen molar-refractivity contribution < 1.29 is 9.68 Å². The Bertz CT molecular complexity index is 2020. The van der Waals surface area contributed by atoms with Gasteiger partial charge in [-0.05, 0) is 77.9 Å². The summed E-state index contributed by atoms with van der Waals surface area (Å²) in [5.74, 6) is 0. The summed E-state index contributed by atoms with van der Waals surface area (Å²) in [5.41, 5.74) is 0.292. The van der Waals surface area contributed by atoms with Crippen molar-refractivity contribution >= 4 is 54.4 Å². The van der Waals surface area contributed by atoms with Gasteiger partial charge in [0.2, 0.25) is 0 Å². The van der Waals surface area contributed by atoms with Gasteiger partial charge in [-0.2, -0.15) is 9.46 Å². The summed E-state index contributed by atoms with van der Waals surface area (Å²) in [5, 5.41) is 2.58. The first-order valence-electron chi connectivity index (χ1n) is 11.9. The normalized spacial score (nSPS) is 13.1. The molecule has 2 heterocycles. The predicted molar refractivity (Wildman–Crippen MR) is 144 cm³/mol. The van der Waals surface area contributed by atoms with Gasteiger partial charge >= 0.3 is 0 Å². The minimum absolute atomic E-state index is 0.122. The molecule has 0 fully saturated rings. The molecule has 0 saturated heterocycles. The highest BCUT2D eigenvalue weighted by atomic mass is 16.7. The van der Waals surface area contributed by atoms with E-state index in [0.717, 1.165) is 0 Å². The van der Waals surface area contributed by atoms with Gasteiger partial charge in [-0.25, -0.2) is 0 Å². The fraction of sp³-hybridized carbons (Fsp3) is 0.276. The molecule has 0 spiro atoms. The van der Waals surface area contributed by atoms with E-state index in [4.69, 9.17) is 9.68 Å². The average molecular weight is 483 g/mol. The van der Waals surface area contributed by atoms with Crippen LogP contribution in [0, 0.1) is 0 Å². The third-order valence-corrected chi connectivity index (χ3v) is 6.18. The van der Waals surface area contributed by atoms with E-state index in [-0.39, 0.29) is 16.3 Å². The molecule has 0 aliphatic heterocycles. The topological polar surface area (TPSA) is 79.5 Å². The lowest BCUT2D eigenvalue weighted by Gasteiger charge is -2.27. The molecule has 0 N–H and O–H groups in total. The van der Waals surface area contributed by atoms with Crippen molar-refractivity contribution in [1.29, 1.82) is 0 Å². The average Bonchev–Trinajstić information content (AvgIpc) is 3.46. The van der Waals surface area contributed by atoms with Crippen molar-refractivity contribution in [3.05, 3.63) is 79.2 Å². The van der Waals surface area contributed by atoms with Crippen LogP contribution >= 0.6 is 0 Å². The summed E-state index contributed by atoms with van der Waals surface area (Å²) in [7, 11) is 0. The Morgan fingerprint density at radius 1 is 0.528 bits per heavy atom. The third-order valence-electron chi connectivity index (χ3n) is 6.18. The van der Waals surface area contributed by atoms with Crippen LogP contribution in [0.4, 0.5) is 0 Å². The monoisotopic (exact) mass is 482 g/mol. The maximum Gasteiger partial charge on any atom is 0.198 e. The van der Waals surface area contributed by atoms with Gasteiger partial charge in [0, 0.05) is 16.2 Å². The second kappa shape index (κ2) is 6.97. The van der Waals surface area contributed by atoms with E-state index in [2.05, 4.69) is 0 Å². The molecule has 36 heavy (non-hydrogen) atoms. The maximum absolute atomic E-state index is 13.8. The van der Waals surface area contributed by atoms with Crippen LogP contribution in [0.1, 0.15) is 41.5 Å². The molecule has 6 aromatic rings. The Labute approximate surface area is 205 Å². The number of para-hydroxylation sites is 1. The van der Waals surface area contributed by atoms with Crippen LogP contribution in [-0.4, -0.2) is 20.7 Å². The molecule has 0 saturated carbocycles. The molecule has 7 heteroatoms. The highest BCUT2D eigenvalue weighted by Gasteiger charge is 2.26. The fourth-order valence-corrected chi connectivity index (χ4v) is 4.77. The van der Waals surface area contributed by atoms with E-state index < -0.39 is 11.2 Å². The summed E-state index contributed by atoms with van der Waals surface area (Å²) in [6.07, 6.45) is 0. The molecule has 2 aromatic heterocycles. The molecule has 0 atom stereocenters. The van der Waals surface area contributed by atoms with Crippen LogP contribution in [0.15, 0.2) is 62.9 Å². The minimum atomic E-state index is -0.611. The van der Waals surface area contributed by atoms with Gasteiger partial charge in [0.1, 0.15) is 11.2 Å². The molecule has 0 aliphatic carbocycles. The first-order chi connectivity index (χ1) is 16.9. The quantitative estimate of drug-likeness (QED) is 0.341. The third kappa shape index (κ3) is 3.22. The maximum atomic E-state index is 13.8. The van der Waals surface area contributed by atoms with E-state index in [9.17, 15) is 14.4 Å². The Morgan fingerprint density at radius 2 is 1.06 bits per heavy atom. The molecule has 182 valence electrons. The number of aromatic nitrogens is 2. The number of hydrogen-bond donors (Lipinski definition) is 0. The second-order valence-electron chi connectivity index (χ2n) is 11.3. The van der Waals surface area contributed by atoms with Crippen LogP contribution in [0.3, 0.4) is 0 Å². The van der Waals surface area contributed by atoms with Gasteiger partial charge in [0.25, 0.3) is 0 Å². The minimum Gasteiger partial charge on any atom is -0.408 e. The van der Waals surface area contributed by atoms with Crippen LogP contribution in [0.2, 0.25) is 0 Å². The second-order valence-corrected chi connectivity index (χ2v) is 11.3. The molecule has 0 bridgehead atoms. The largest absolute Gasteiger partial charge is 0.408 e. The number of benzene rings is 3. The smallest absolute Gasteiger partial charge is 0.198 e. The molecule has 7 nitrogen and oxygen atoms in total. The van der Waals surface area contributed by atoms with Crippen LogP contribution < -0.4 is 26.0 Å². The lowest BCUT2D eigenvalue weighted by molar-refractivity contribution is -0.00318. The number of hydrogen-bond acceptors (Lipinski definition) is 5. The molecule has 0 unspecified atom stereocenters. The molecular formula is C29H26N2O5.